The van der Waals surface area contributed by atoms with E-state index in [0.717, 1.165) is 6.07 Å². The highest BCUT2D eigenvalue weighted by atomic mass is 19.1. The van der Waals surface area contributed by atoms with Crippen LogP contribution in [0.5, 0.6) is 5.75 Å². The number of anilines is 2. The lowest BCUT2D eigenvalue weighted by molar-refractivity contribution is -0.118. The predicted octanol–water partition coefficient (Wildman–Crippen LogP) is 2.30. The molecule has 106 valence electrons. The van der Waals surface area contributed by atoms with Gasteiger partial charge in [0.25, 0.3) is 5.91 Å². The number of carbonyl (C=O) groups is 1. The number of halogens is 1. The summed E-state index contributed by atoms with van der Waals surface area (Å²) in [6.07, 6.45) is 0. The summed E-state index contributed by atoms with van der Waals surface area (Å²) in [7, 11) is 0. The van der Waals surface area contributed by atoms with Gasteiger partial charge in [-0.15, -0.1) is 0 Å². The average molecular weight is 285 g/mol. The molecule has 2 aromatic rings. The van der Waals surface area contributed by atoms with Crippen molar-refractivity contribution in [3.63, 3.8) is 0 Å². The van der Waals surface area contributed by atoms with E-state index in [1.165, 1.54) is 12.1 Å². The van der Waals surface area contributed by atoms with Crippen molar-refractivity contribution in [1.29, 1.82) is 5.26 Å². The second kappa shape index (κ2) is 6.39. The fourth-order valence-electron chi connectivity index (χ4n) is 1.66. The highest BCUT2D eigenvalue weighted by Crippen LogP contribution is 2.19. The van der Waals surface area contributed by atoms with E-state index in [0.29, 0.717) is 17.0 Å². The van der Waals surface area contributed by atoms with Crippen LogP contribution in [0.15, 0.2) is 42.5 Å². The minimum absolute atomic E-state index is 0.126. The Morgan fingerprint density at radius 1 is 1.33 bits per heavy atom. The molecule has 0 unspecified atom stereocenters. The number of para-hydroxylation sites is 1. The first-order valence-corrected chi connectivity index (χ1v) is 6.07. The maximum Gasteiger partial charge on any atom is 0.262 e. The number of nitrogens with one attached hydrogen (secondary N) is 1. The molecule has 0 bridgehead atoms. The molecule has 3 N–H and O–H groups in total. The predicted molar refractivity (Wildman–Crippen MR) is 76.1 cm³/mol. The summed E-state index contributed by atoms with van der Waals surface area (Å²) in [6.45, 7) is -0.282. The largest absolute Gasteiger partial charge is 0.482 e. The Labute approximate surface area is 120 Å². The van der Waals surface area contributed by atoms with E-state index >= 15 is 0 Å². The van der Waals surface area contributed by atoms with Crippen LogP contribution >= 0.6 is 0 Å². The second-order valence-electron chi connectivity index (χ2n) is 4.18. The van der Waals surface area contributed by atoms with Crippen LogP contribution < -0.4 is 15.8 Å². The molecule has 0 heterocycles. The topological polar surface area (TPSA) is 88.1 Å². The fraction of sp³-hybridized carbons (Fsp3) is 0.0667. The molecule has 0 atom stereocenters. The van der Waals surface area contributed by atoms with Gasteiger partial charge in [-0.1, -0.05) is 12.1 Å². The third kappa shape index (κ3) is 3.70. The molecule has 0 radical (unpaired) electrons. The van der Waals surface area contributed by atoms with Crippen molar-refractivity contribution in [2.45, 2.75) is 0 Å². The Morgan fingerprint density at radius 2 is 2.10 bits per heavy atom. The van der Waals surface area contributed by atoms with Crippen molar-refractivity contribution < 1.29 is 13.9 Å². The lowest BCUT2D eigenvalue weighted by Gasteiger charge is -2.10. The number of nitrogens with two attached hydrogens (primary N) is 1. The van der Waals surface area contributed by atoms with Crippen LogP contribution in [0, 0.1) is 17.1 Å². The minimum Gasteiger partial charge on any atom is -0.482 e. The van der Waals surface area contributed by atoms with E-state index in [-0.39, 0.29) is 12.3 Å². The van der Waals surface area contributed by atoms with Crippen molar-refractivity contribution in [3.05, 3.63) is 53.8 Å². The molecule has 0 aliphatic rings. The SMILES string of the molecule is N#Cc1ccccc1OCC(=O)Nc1ccc(F)cc1N. The zero-order chi connectivity index (χ0) is 15.2. The third-order valence-electron chi connectivity index (χ3n) is 2.65. The smallest absolute Gasteiger partial charge is 0.262 e. The van der Waals surface area contributed by atoms with Gasteiger partial charge in [0.15, 0.2) is 6.61 Å². The standard InChI is InChI=1S/C15H12FN3O2/c16-11-5-6-13(12(18)7-11)19-15(20)9-21-14-4-2-1-3-10(14)8-17/h1-7H,9,18H2,(H,19,20). The molecule has 1 amide bonds. The summed E-state index contributed by atoms with van der Waals surface area (Å²) in [5.41, 5.74) is 6.35. The molecule has 2 aromatic carbocycles. The van der Waals surface area contributed by atoms with Crippen LogP contribution in [0.1, 0.15) is 5.56 Å². The van der Waals surface area contributed by atoms with Gasteiger partial charge in [0.1, 0.15) is 17.6 Å². The molecule has 0 aliphatic carbocycles. The molecular formula is C15H12FN3O2. The summed E-state index contributed by atoms with van der Waals surface area (Å²) >= 11 is 0. The lowest BCUT2D eigenvalue weighted by Crippen LogP contribution is -2.21. The molecule has 6 heteroatoms. The normalized spacial score (nSPS) is 9.71. The van der Waals surface area contributed by atoms with Gasteiger partial charge in [-0.2, -0.15) is 5.26 Å². The van der Waals surface area contributed by atoms with Gasteiger partial charge in [-0.05, 0) is 30.3 Å². The Bertz CT molecular complexity index is 710. The first-order chi connectivity index (χ1) is 10.1. The third-order valence-corrected chi connectivity index (χ3v) is 2.65. The number of rotatable bonds is 4. The van der Waals surface area contributed by atoms with Crippen LogP contribution in [0.25, 0.3) is 0 Å². The number of amides is 1. The van der Waals surface area contributed by atoms with Crippen molar-refractivity contribution in [3.8, 4) is 11.8 Å². The van der Waals surface area contributed by atoms with Gasteiger partial charge in [-0.3, -0.25) is 4.79 Å². The Balaban J connectivity index is 1.98. The maximum atomic E-state index is 12.9. The molecule has 0 saturated heterocycles. The van der Waals surface area contributed by atoms with Crippen molar-refractivity contribution >= 4 is 17.3 Å². The fourth-order valence-corrected chi connectivity index (χ4v) is 1.66. The van der Waals surface area contributed by atoms with E-state index < -0.39 is 11.7 Å². The number of ether oxygens (including phenoxy) is 1. The monoisotopic (exact) mass is 285 g/mol. The quantitative estimate of drug-likeness (QED) is 0.844. The van der Waals surface area contributed by atoms with Gasteiger partial charge in [-0.25, -0.2) is 4.39 Å². The summed E-state index contributed by atoms with van der Waals surface area (Å²) in [5.74, 6) is -0.618. The number of nitrogens with zero attached hydrogens (tertiary/aromatic N) is 1. The molecular weight excluding hydrogens is 273 g/mol. The number of carbonyl (C=O) groups excluding carboxylic acids is 1. The molecule has 0 aliphatic heterocycles. The van der Waals surface area contributed by atoms with E-state index in [2.05, 4.69) is 5.32 Å². The first kappa shape index (κ1) is 14.3. The zero-order valence-corrected chi connectivity index (χ0v) is 11.0. The van der Waals surface area contributed by atoms with Gasteiger partial charge >= 0.3 is 0 Å². The van der Waals surface area contributed by atoms with E-state index in [9.17, 15) is 9.18 Å². The lowest BCUT2D eigenvalue weighted by atomic mass is 10.2. The zero-order valence-electron chi connectivity index (χ0n) is 11.0. The van der Waals surface area contributed by atoms with Gasteiger partial charge < -0.3 is 15.8 Å². The second-order valence-corrected chi connectivity index (χ2v) is 4.18. The number of nitriles is 1. The van der Waals surface area contributed by atoms with Crippen LogP contribution in [-0.4, -0.2) is 12.5 Å². The Morgan fingerprint density at radius 3 is 2.81 bits per heavy atom. The number of hydrogen-bond acceptors (Lipinski definition) is 4. The van der Waals surface area contributed by atoms with Gasteiger partial charge in [0, 0.05) is 0 Å². The van der Waals surface area contributed by atoms with Crippen molar-refractivity contribution in [1.82, 2.24) is 0 Å². The van der Waals surface area contributed by atoms with Crippen LogP contribution in [0.4, 0.5) is 15.8 Å². The highest BCUT2D eigenvalue weighted by Gasteiger charge is 2.08. The summed E-state index contributed by atoms with van der Waals surface area (Å²) in [6, 6.07) is 12.2. The minimum atomic E-state index is -0.482. The molecule has 0 aromatic heterocycles. The summed E-state index contributed by atoms with van der Waals surface area (Å²) in [5, 5.41) is 11.4. The van der Waals surface area contributed by atoms with Gasteiger partial charge in [0.2, 0.25) is 0 Å². The van der Waals surface area contributed by atoms with E-state index in [1.54, 1.807) is 24.3 Å². The average Bonchev–Trinajstić information content (AvgIpc) is 2.48. The van der Waals surface area contributed by atoms with Crippen molar-refractivity contribution in [2.75, 3.05) is 17.7 Å². The van der Waals surface area contributed by atoms with Crippen molar-refractivity contribution in [2.24, 2.45) is 0 Å². The molecule has 0 spiro atoms. The first-order valence-electron chi connectivity index (χ1n) is 6.07. The highest BCUT2D eigenvalue weighted by molar-refractivity contribution is 5.94. The summed E-state index contributed by atoms with van der Waals surface area (Å²) in [4.78, 5) is 11.8. The molecule has 2 rings (SSSR count). The molecule has 21 heavy (non-hydrogen) atoms. The molecule has 0 fully saturated rings. The maximum absolute atomic E-state index is 12.9. The van der Waals surface area contributed by atoms with Crippen LogP contribution in [-0.2, 0) is 4.79 Å². The molecule has 5 nitrogen and oxygen atoms in total. The van der Waals surface area contributed by atoms with Crippen LogP contribution in [0.3, 0.4) is 0 Å². The van der Waals surface area contributed by atoms with Gasteiger partial charge in [0.05, 0.1) is 16.9 Å². The van der Waals surface area contributed by atoms with E-state index in [4.69, 9.17) is 15.7 Å². The molecule has 0 saturated carbocycles. The number of nitrogen functional groups attached to an aromatic ring is 1. The Kier molecular flexibility index (Phi) is 4.36. The van der Waals surface area contributed by atoms with E-state index in [1.807, 2.05) is 6.07 Å². The Hall–Kier alpha value is -3.07. The summed E-state index contributed by atoms with van der Waals surface area (Å²) < 4.78 is 18.2. The number of hydrogen-bond donors (Lipinski definition) is 2. The van der Waals surface area contributed by atoms with Crippen LogP contribution in [0.2, 0.25) is 0 Å². The number of benzene rings is 2.